The van der Waals surface area contributed by atoms with Gasteiger partial charge in [0.2, 0.25) is 0 Å². The van der Waals surface area contributed by atoms with E-state index in [1.54, 1.807) is 22.6 Å². The molecule has 2 unspecified atom stereocenters. The molecular formula is C31H29N7O3. The van der Waals surface area contributed by atoms with Crippen LogP contribution in [0, 0.1) is 36.1 Å². The topological polar surface area (TPSA) is 115 Å². The SMILES string of the molecule is Cc1cc(N2C(=O)[C@@H]3C4CC(C#CN3C2=O)CN4C(=O)c2cc(C(C)(C)C)nn2Cc2ccccc2)cnc1C#N. The zero-order valence-corrected chi connectivity index (χ0v) is 23.3. The van der Waals surface area contributed by atoms with Crippen LogP contribution in [0.1, 0.15) is 60.2 Å². The number of carbonyl (C=O) groups excluding carboxylic acids is 3. The molecule has 3 aliphatic heterocycles. The van der Waals surface area contributed by atoms with E-state index < -0.39 is 24.0 Å². The lowest BCUT2D eigenvalue weighted by Crippen LogP contribution is -2.51. The Morgan fingerprint density at radius 3 is 2.61 bits per heavy atom. The first-order chi connectivity index (χ1) is 19.6. The number of amides is 4. The van der Waals surface area contributed by atoms with Crippen LogP contribution in [-0.4, -0.2) is 61.0 Å². The summed E-state index contributed by atoms with van der Waals surface area (Å²) < 4.78 is 1.73. The van der Waals surface area contributed by atoms with Crippen LogP contribution in [0.25, 0.3) is 0 Å². The van der Waals surface area contributed by atoms with Gasteiger partial charge in [-0.25, -0.2) is 19.6 Å². The van der Waals surface area contributed by atoms with Gasteiger partial charge < -0.3 is 4.90 Å². The molecule has 0 aliphatic carbocycles. The zero-order valence-electron chi connectivity index (χ0n) is 23.3. The zero-order chi connectivity index (χ0) is 29.1. The van der Waals surface area contributed by atoms with Crippen molar-refractivity contribution in [1.82, 2.24) is 24.6 Å². The Morgan fingerprint density at radius 2 is 1.93 bits per heavy atom. The van der Waals surface area contributed by atoms with E-state index in [9.17, 15) is 19.6 Å². The Balaban J connectivity index is 1.35. The molecule has 3 aromatic rings. The Labute approximate surface area is 238 Å². The van der Waals surface area contributed by atoms with Crippen molar-refractivity contribution in [2.45, 2.75) is 58.2 Å². The number of rotatable bonds is 4. The molecule has 6 rings (SSSR count). The van der Waals surface area contributed by atoms with Crippen LogP contribution in [0.2, 0.25) is 0 Å². The second-order valence-electron chi connectivity index (χ2n) is 11.8. The number of hydrogen-bond donors (Lipinski definition) is 0. The molecule has 10 heteroatoms. The standard InChI is InChI=1S/C31H29N7O3/c1-19-12-22(16-33-23(19)15-32)38-29(40)27-24-13-21(10-11-35(27)30(38)41)17-36(24)28(39)25-14-26(31(2,3)4)34-37(25)18-20-8-6-5-7-9-20/h5-9,12,14,16,21,24,27H,13,17-18H2,1-4H3/t21?,24?,27-/m0/s1. The summed E-state index contributed by atoms with van der Waals surface area (Å²) >= 11 is 0. The van der Waals surface area contributed by atoms with Crippen molar-refractivity contribution in [3.63, 3.8) is 0 Å². The van der Waals surface area contributed by atoms with Crippen molar-refractivity contribution in [1.29, 1.82) is 5.26 Å². The molecule has 0 saturated carbocycles. The fraction of sp³-hybridized carbons (Fsp3) is 0.355. The number of imide groups is 1. The third-order valence-corrected chi connectivity index (χ3v) is 7.88. The molecule has 0 radical (unpaired) electrons. The largest absolute Gasteiger partial charge is 0.343 e. The molecule has 1 aromatic carbocycles. The number of anilines is 1. The third kappa shape index (κ3) is 4.42. The van der Waals surface area contributed by atoms with E-state index in [4.69, 9.17) is 5.10 Å². The van der Waals surface area contributed by atoms with Crippen LogP contribution >= 0.6 is 0 Å². The molecule has 41 heavy (non-hydrogen) atoms. The van der Waals surface area contributed by atoms with Crippen molar-refractivity contribution < 1.29 is 14.4 Å². The minimum atomic E-state index is -0.949. The molecule has 2 bridgehead atoms. The second kappa shape index (κ2) is 9.60. The number of pyridine rings is 1. The first kappa shape index (κ1) is 26.3. The van der Waals surface area contributed by atoms with Crippen LogP contribution < -0.4 is 4.90 Å². The van der Waals surface area contributed by atoms with Crippen molar-refractivity contribution in [2.24, 2.45) is 5.92 Å². The maximum Gasteiger partial charge on any atom is 0.343 e. The van der Waals surface area contributed by atoms with Gasteiger partial charge in [0.05, 0.1) is 30.2 Å². The number of nitriles is 1. The maximum absolute atomic E-state index is 14.2. The van der Waals surface area contributed by atoms with Gasteiger partial charge in [-0.05, 0) is 36.6 Å². The molecule has 0 N–H and O–H groups in total. The molecule has 3 atom stereocenters. The summed E-state index contributed by atoms with van der Waals surface area (Å²) in [7, 11) is 0. The summed E-state index contributed by atoms with van der Waals surface area (Å²) in [5.41, 5.74) is 3.01. The number of hydrogen-bond acceptors (Lipinski definition) is 6. The molecular weight excluding hydrogens is 518 g/mol. The lowest BCUT2D eigenvalue weighted by molar-refractivity contribution is -0.120. The van der Waals surface area contributed by atoms with E-state index in [2.05, 4.69) is 16.9 Å². The normalized spacial score (nSPS) is 21.3. The van der Waals surface area contributed by atoms with E-state index in [0.29, 0.717) is 30.8 Å². The van der Waals surface area contributed by atoms with Crippen molar-refractivity contribution in [3.05, 3.63) is 76.9 Å². The number of nitrogens with zero attached hydrogens (tertiary/aromatic N) is 7. The summed E-state index contributed by atoms with van der Waals surface area (Å²) in [5, 5.41) is 14.1. The van der Waals surface area contributed by atoms with Crippen molar-refractivity contribution in [2.75, 3.05) is 11.4 Å². The predicted molar refractivity (Wildman–Crippen MR) is 149 cm³/mol. The average Bonchev–Trinajstić information content (AvgIpc) is 3.56. The van der Waals surface area contributed by atoms with Gasteiger partial charge in [0.1, 0.15) is 23.5 Å². The van der Waals surface area contributed by atoms with E-state index in [1.165, 1.54) is 11.1 Å². The second-order valence-corrected chi connectivity index (χ2v) is 11.8. The Kier molecular flexibility index (Phi) is 6.15. The molecule has 0 spiro atoms. The summed E-state index contributed by atoms with van der Waals surface area (Å²) in [6.45, 7) is 8.63. The van der Waals surface area contributed by atoms with Crippen molar-refractivity contribution in [3.8, 4) is 18.0 Å². The highest BCUT2D eigenvalue weighted by Gasteiger charge is 2.55. The molecule has 2 aromatic heterocycles. The third-order valence-electron chi connectivity index (χ3n) is 7.88. The molecule has 2 fully saturated rings. The van der Waals surface area contributed by atoms with Gasteiger partial charge in [-0.1, -0.05) is 57.0 Å². The molecule has 4 amide bonds. The van der Waals surface area contributed by atoms with Crippen LogP contribution in [0.4, 0.5) is 10.5 Å². The van der Waals surface area contributed by atoms with Gasteiger partial charge >= 0.3 is 6.03 Å². The smallest absolute Gasteiger partial charge is 0.330 e. The summed E-state index contributed by atoms with van der Waals surface area (Å²) in [6.07, 6.45) is 1.83. The highest BCUT2D eigenvalue weighted by atomic mass is 16.2. The minimum absolute atomic E-state index is 0.157. The Hall–Kier alpha value is -4.96. The summed E-state index contributed by atoms with van der Waals surface area (Å²) in [6, 6.07) is 16.1. The van der Waals surface area contributed by atoms with Gasteiger partial charge in [-0.2, -0.15) is 10.4 Å². The first-order valence-electron chi connectivity index (χ1n) is 13.5. The van der Waals surface area contributed by atoms with E-state index >= 15 is 0 Å². The summed E-state index contributed by atoms with van der Waals surface area (Å²) in [4.78, 5) is 49.7. The van der Waals surface area contributed by atoms with E-state index in [-0.39, 0.29) is 28.6 Å². The highest BCUT2D eigenvalue weighted by Crippen LogP contribution is 2.37. The van der Waals surface area contributed by atoms with Crippen LogP contribution in [-0.2, 0) is 16.8 Å². The number of likely N-dealkylation sites (tertiary alicyclic amines) is 1. The van der Waals surface area contributed by atoms with Gasteiger partial charge in [-0.15, -0.1) is 0 Å². The first-order valence-corrected chi connectivity index (χ1v) is 13.5. The molecule has 5 heterocycles. The van der Waals surface area contributed by atoms with Gasteiger partial charge in [0, 0.05) is 23.9 Å². The number of aryl methyl sites for hydroxylation is 1. The number of urea groups is 1. The highest BCUT2D eigenvalue weighted by molar-refractivity contribution is 6.22. The number of fused-ring (bicyclic) bond motifs is 4. The number of carbonyl (C=O) groups is 3. The summed E-state index contributed by atoms with van der Waals surface area (Å²) in [5.74, 6) is 2.26. The fourth-order valence-electron chi connectivity index (χ4n) is 5.70. The van der Waals surface area contributed by atoms with Gasteiger partial charge in [0.15, 0.2) is 0 Å². The molecule has 10 nitrogen and oxygen atoms in total. The van der Waals surface area contributed by atoms with E-state index in [1.807, 2.05) is 63.2 Å². The average molecular weight is 548 g/mol. The van der Waals surface area contributed by atoms with E-state index in [0.717, 1.165) is 16.2 Å². The Morgan fingerprint density at radius 1 is 1.17 bits per heavy atom. The quantitative estimate of drug-likeness (QED) is 0.365. The monoisotopic (exact) mass is 547 g/mol. The predicted octanol–water partition coefficient (Wildman–Crippen LogP) is 3.45. The van der Waals surface area contributed by atoms with Crippen LogP contribution in [0.15, 0.2) is 48.7 Å². The number of aromatic nitrogens is 3. The van der Waals surface area contributed by atoms with Gasteiger partial charge in [0.25, 0.3) is 11.8 Å². The molecule has 206 valence electrons. The van der Waals surface area contributed by atoms with Crippen molar-refractivity contribution >= 4 is 23.5 Å². The maximum atomic E-state index is 14.2. The lowest BCUT2D eigenvalue weighted by atomic mass is 9.92. The number of benzene rings is 1. The Bertz CT molecular complexity index is 1690. The molecule has 2 saturated heterocycles. The van der Waals surface area contributed by atoms with Crippen LogP contribution in [0.5, 0.6) is 0 Å². The fourth-order valence-corrected chi connectivity index (χ4v) is 5.70. The van der Waals surface area contributed by atoms with Crippen LogP contribution in [0.3, 0.4) is 0 Å². The molecule has 3 aliphatic rings. The van der Waals surface area contributed by atoms with Gasteiger partial charge in [-0.3, -0.25) is 14.3 Å². The lowest BCUT2D eigenvalue weighted by Gasteiger charge is -2.30. The minimum Gasteiger partial charge on any atom is -0.330 e.